The number of anilines is 1. The number of ether oxygens (including phenoxy) is 1. The van der Waals surface area contributed by atoms with Crippen molar-refractivity contribution in [3.05, 3.63) is 83.7 Å². The highest BCUT2D eigenvalue weighted by Gasteiger charge is 2.16. The normalized spacial score (nSPS) is 11.3. The Morgan fingerprint density at radius 2 is 1.74 bits per heavy atom. The van der Waals surface area contributed by atoms with Crippen molar-refractivity contribution < 1.29 is 17.9 Å². The molecular weight excluding hydrogens is 454 g/mol. The SMILES string of the molecule is CC(=O)c1cccc(S(=O)(=O)Nc2ccc(Oc3cc(-n4cnc(C)c4C)nc(C)n3)cc2)c1. The number of nitrogens with zero attached hydrogens (tertiary/aromatic N) is 4. The van der Waals surface area contributed by atoms with Gasteiger partial charge in [-0.15, -0.1) is 0 Å². The van der Waals surface area contributed by atoms with Crippen LogP contribution >= 0.6 is 0 Å². The maximum absolute atomic E-state index is 12.7. The van der Waals surface area contributed by atoms with Gasteiger partial charge in [-0.1, -0.05) is 12.1 Å². The van der Waals surface area contributed by atoms with Crippen molar-refractivity contribution in [1.82, 2.24) is 19.5 Å². The summed E-state index contributed by atoms with van der Waals surface area (Å²) in [5.74, 6) is 1.79. The van der Waals surface area contributed by atoms with Crippen LogP contribution in [-0.4, -0.2) is 33.7 Å². The molecule has 0 spiro atoms. The molecule has 0 atom stereocenters. The van der Waals surface area contributed by atoms with Gasteiger partial charge in [-0.05, 0) is 64.1 Å². The van der Waals surface area contributed by atoms with E-state index in [9.17, 15) is 13.2 Å². The molecule has 4 aromatic rings. The monoisotopic (exact) mass is 477 g/mol. The quantitative estimate of drug-likeness (QED) is 0.393. The number of nitrogens with one attached hydrogen (secondary N) is 1. The molecular formula is C24H23N5O4S. The lowest BCUT2D eigenvalue weighted by Crippen LogP contribution is -2.13. The molecule has 2 heterocycles. The summed E-state index contributed by atoms with van der Waals surface area (Å²) in [7, 11) is -3.86. The number of sulfonamides is 1. The fourth-order valence-corrected chi connectivity index (χ4v) is 4.34. The van der Waals surface area contributed by atoms with Crippen LogP contribution in [0.2, 0.25) is 0 Å². The first-order valence-electron chi connectivity index (χ1n) is 10.4. The minimum Gasteiger partial charge on any atom is -0.439 e. The molecule has 10 heteroatoms. The van der Waals surface area contributed by atoms with Crippen molar-refractivity contribution in [3.63, 3.8) is 0 Å². The smallest absolute Gasteiger partial charge is 0.261 e. The number of hydrogen-bond acceptors (Lipinski definition) is 7. The van der Waals surface area contributed by atoms with Crippen LogP contribution in [0.4, 0.5) is 5.69 Å². The molecule has 0 aliphatic heterocycles. The fraction of sp³-hybridized carbons (Fsp3) is 0.167. The van der Waals surface area contributed by atoms with Crippen molar-refractivity contribution in [2.24, 2.45) is 0 Å². The zero-order valence-electron chi connectivity index (χ0n) is 19.1. The highest BCUT2D eigenvalue weighted by atomic mass is 32.2. The first-order chi connectivity index (χ1) is 16.1. The fourth-order valence-electron chi connectivity index (χ4n) is 3.24. The number of carbonyl (C=O) groups is 1. The van der Waals surface area contributed by atoms with E-state index in [0.29, 0.717) is 34.5 Å². The summed E-state index contributed by atoms with van der Waals surface area (Å²) in [6.45, 7) is 7.04. The Morgan fingerprint density at radius 3 is 2.38 bits per heavy atom. The first kappa shape index (κ1) is 23.1. The number of benzene rings is 2. The van der Waals surface area contributed by atoms with Crippen LogP contribution in [0.25, 0.3) is 5.82 Å². The molecule has 34 heavy (non-hydrogen) atoms. The van der Waals surface area contributed by atoms with Crippen LogP contribution in [0.5, 0.6) is 11.6 Å². The molecule has 0 saturated carbocycles. The standard InChI is InChI=1S/C24H23N5O4S/c1-15-16(2)29(14-25-15)23-13-24(27-18(4)26-23)33-21-10-8-20(9-11-21)28-34(31,32)22-7-5-6-19(12-22)17(3)30/h5-14,28H,1-4H3. The maximum Gasteiger partial charge on any atom is 0.261 e. The van der Waals surface area contributed by atoms with Gasteiger partial charge in [0.25, 0.3) is 10.0 Å². The van der Waals surface area contributed by atoms with Gasteiger partial charge in [-0.25, -0.2) is 18.4 Å². The van der Waals surface area contributed by atoms with Crippen LogP contribution in [0.15, 0.2) is 65.8 Å². The molecule has 9 nitrogen and oxygen atoms in total. The third kappa shape index (κ3) is 4.96. The lowest BCUT2D eigenvalue weighted by molar-refractivity contribution is 0.101. The summed E-state index contributed by atoms with van der Waals surface area (Å²) in [4.78, 5) is 24.7. The Balaban J connectivity index is 1.52. The van der Waals surface area contributed by atoms with Gasteiger partial charge in [0, 0.05) is 23.0 Å². The van der Waals surface area contributed by atoms with Gasteiger partial charge in [0.15, 0.2) is 5.78 Å². The molecule has 0 saturated heterocycles. The number of imidazole rings is 1. The Morgan fingerprint density at radius 1 is 1.00 bits per heavy atom. The van der Waals surface area contributed by atoms with E-state index in [2.05, 4.69) is 19.7 Å². The van der Waals surface area contributed by atoms with Crippen molar-refractivity contribution in [2.45, 2.75) is 32.6 Å². The molecule has 174 valence electrons. The topological polar surface area (TPSA) is 116 Å². The number of rotatable bonds is 7. The van der Waals surface area contributed by atoms with E-state index in [1.165, 1.54) is 25.1 Å². The van der Waals surface area contributed by atoms with E-state index < -0.39 is 10.0 Å². The van der Waals surface area contributed by atoms with Crippen molar-refractivity contribution >= 4 is 21.5 Å². The van der Waals surface area contributed by atoms with Gasteiger partial charge in [-0.2, -0.15) is 4.98 Å². The van der Waals surface area contributed by atoms with Crippen LogP contribution < -0.4 is 9.46 Å². The number of aryl methyl sites for hydroxylation is 2. The second-order valence-corrected chi connectivity index (χ2v) is 9.40. The Labute approximate surface area is 197 Å². The van der Waals surface area contributed by atoms with Gasteiger partial charge in [0.1, 0.15) is 23.7 Å². The molecule has 0 aliphatic rings. The Hall–Kier alpha value is -4.05. The maximum atomic E-state index is 12.7. The Kier molecular flexibility index (Phi) is 6.16. The minimum absolute atomic E-state index is 0.00884. The number of Topliss-reactive ketones (excluding diaryl/α,β-unsaturated/α-hetero) is 1. The summed E-state index contributed by atoms with van der Waals surface area (Å²) < 4.78 is 35.7. The molecule has 0 amide bonds. The van der Waals surface area contributed by atoms with Crippen molar-refractivity contribution in [2.75, 3.05) is 4.72 Å². The van der Waals surface area contributed by atoms with Crippen molar-refractivity contribution in [3.8, 4) is 17.4 Å². The minimum atomic E-state index is -3.86. The van der Waals surface area contributed by atoms with Gasteiger partial charge in [0.05, 0.1) is 10.6 Å². The van der Waals surface area contributed by atoms with Gasteiger partial charge in [0.2, 0.25) is 5.88 Å². The van der Waals surface area contributed by atoms with Gasteiger partial charge >= 0.3 is 0 Å². The second kappa shape index (κ2) is 9.06. The predicted molar refractivity (Wildman–Crippen MR) is 127 cm³/mol. The van der Waals surface area contributed by atoms with E-state index in [0.717, 1.165) is 11.4 Å². The van der Waals surface area contributed by atoms with Crippen LogP contribution in [0.1, 0.15) is 34.5 Å². The van der Waals surface area contributed by atoms with Gasteiger partial charge in [-0.3, -0.25) is 14.1 Å². The predicted octanol–water partition coefficient (Wildman–Crippen LogP) is 4.38. The lowest BCUT2D eigenvalue weighted by atomic mass is 10.2. The summed E-state index contributed by atoms with van der Waals surface area (Å²) in [6, 6.07) is 14.0. The molecule has 0 aliphatic carbocycles. The van der Waals surface area contributed by atoms with E-state index >= 15 is 0 Å². The van der Waals surface area contributed by atoms with E-state index in [1.54, 1.807) is 49.6 Å². The van der Waals surface area contributed by atoms with Crippen LogP contribution in [-0.2, 0) is 10.0 Å². The average Bonchev–Trinajstić information content (AvgIpc) is 3.13. The zero-order chi connectivity index (χ0) is 24.5. The van der Waals surface area contributed by atoms with Gasteiger partial charge < -0.3 is 4.74 Å². The lowest BCUT2D eigenvalue weighted by Gasteiger charge is -2.11. The molecule has 0 unspecified atom stereocenters. The number of hydrogen-bond donors (Lipinski definition) is 1. The molecule has 2 aromatic carbocycles. The third-order valence-corrected chi connectivity index (χ3v) is 6.56. The summed E-state index contributed by atoms with van der Waals surface area (Å²) in [6.07, 6.45) is 1.70. The third-order valence-electron chi connectivity index (χ3n) is 5.18. The highest BCUT2D eigenvalue weighted by Crippen LogP contribution is 2.25. The molecule has 4 rings (SSSR count). The molecule has 0 radical (unpaired) electrons. The van der Waals surface area contributed by atoms with Crippen molar-refractivity contribution in [1.29, 1.82) is 0 Å². The zero-order valence-corrected chi connectivity index (χ0v) is 19.9. The van der Waals surface area contributed by atoms with E-state index in [-0.39, 0.29) is 10.7 Å². The molecule has 0 bridgehead atoms. The Bertz CT molecular complexity index is 1480. The van der Waals surface area contributed by atoms with Crippen LogP contribution in [0, 0.1) is 20.8 Å². The molecule has 1 N–H and O–H groups in total. The molecule has 0 fully saturated rings. The average molecular weight is 478 g/mol. The number of aromatic nitrogens is 4. The van der Waals surface area contributed by atoms with E-state index in [1.807, 2.05) is 18.4 Å². The van der Waals surface area contributed by atoms with Crippen LogP contribution in [0.3, 0.4) is 0 Å². The second-order valence-electron chi connectivity index (χ2n) is 7.71. The largest absolute Gasteiger partial charge is 0.439 e. The highest BCUT2D eigenvalue weighted by molar-refractivity contribution is 7.92. The number of carbonyl (C=O) groups excluding carboxylic acids is 1. The van der Waals surface area contributed by atoms with E-state index in [4.69, 9.17) is 4.74 Å². The number of ketones is 1. The molecule has 2 aromatic heterocycles. The summed E-state index contributed by atoms with van der Waals surface area (Å²) >= 11 is 0. The summed E-state index contributed by atoms with van der Waals surface area (Å²) in [5.41, 5.74) is 2.55. The first-order valence-corrected chi connectivity index (χ1v) is 11.9. The summed E-state index contributed by atoms with van der Waals surface area (Å²) in [5, 5.41) is 0.